The van der Waals surface area contributed by atoms with Crippen molar-refractivity contribution >= 4 is 21.6 Å². The summed E-state index contributed by atoms with van der Waals surface area (Å²) in [5.41, 5.74) is 2.54. The maximum absolute atomic E-state index is 3.47. The highest BCUT2D eigenvalue weighted by molar-refractivity contribution is 9.10. The summed E-state index contributed by atoms with van der Waals surface area (Å²) in [6, 6.07) is 6.32. The summed E-state index contributed by atoms with van der Waals surface area (Å²) in [4.78, 5) is 0. The predicted molar refractivity (Wildman–Crippen MR) is 62.3 cm³/mol. The molecule has 0 saturated carbocycles. The van der Waals surface area contributed by atoms with Crippen molar-refractivity contribution in [3.8, 4) is 0 Å². The first-order chi connectivity index (χ1) is 6.24. The van der Waals surface area contributed by atoms with Gasteiger partial charge in [-0.05, 0) is 31.0 Å². The van der Waals surface area contributed by atoms with Gasteiger partial charge in [-0.25, -0.2) is 0 Å². The number of hydrogen-bond donors (Lipinski definition) is 1. The van der Waals surface area contributed by atoms with Gasteiger partial charge in [0.15, 0.2) is 0 Å². The van der Waals surface area contributed by atoms with Crippen LogP contribution in [0.3, 0.4) is 0 Å². The Morgan fingerprint density at radius 3 is 2.85 bits per heavy atom. The molecule has 0 unspecified atom stereocenters. The van der Waals surface area contributed by atoms with Crippen molar-refractivity contribution in [1.29, 1.82) is 0 Å². The maximum atomic E-state index is 3.47. The molecule has 0 atom stereocenters. The minimum absolute atomic E-state index is 1.06. The quantitative estimate of drug-likeness (QED) is 0.787. The fourth-order valence-corrected chi connectivity index (χ4v) is 1.55. The smallest absolute Gasteiger partial charge is 0.0381 e. The second kappa shape index (κ2) is 5.28. The van der Waals surface area contributed by atoms with E-state index in [4.69, 9.17) is 0 Å². The molecule has 1 nitrogen and oxygen atoms in total. The van der Waals surface area contributed by atoms with Gasteiger partial charge in [0.2, 0.25) is 0 Å². The van der Waals surface area contributed by atoms with E-state index in [1.165, 1.54) is 24.1 Å². The SMILES string of the molecule is CCCCNc1cc(Br)ccc1C. The summed E-state index contributed by atoms with van der Waals surface area (Å²) in [6.07, 6.45) is 2.46. The van der Waals surface area contributed by atoms with Gasteiger partial charge < -0.3 is 5.32 Å². The third-order valence-electron chi connectivity index (χ3n) is 2.05. The first kappa shape index (κ1) is 10.6. The van der Waals surface area contributed by atoms with Crippen LogP contribution in [0.25, 0.3) is 0 Å². The molecule has 0 fully saturated rings. The van der Waals surface area contributed by atoms with Gasteiger partial charge in [0.1, 0.15) is 0 Å². The van der Waals surface area contributed by atoms with E-state index in [9.17, 15) is 0 Å². The molecule has 1 N–H and O–H groups in total. The molecule has 0 aliphatic carbocycles. The van der Waals surface area contributed by atoms with Crippen LogP contribution in [0.2, 0.25) is 0 Å². The molecule has 0 saturated heterocycles. The Labute approximate surface area is 88.7 Å². The average Bonchev–Trinajstić information content (AvgIpc) is 2.11. The largest absolute Gasteiger partial charge is 0.385 e. The summed E-state index contributed by atoms with van der Waals surface area (Å²) in [5.74, 6) is 0. The first-order valence-electron chi connectivity index (χ1n) is 4.74. The zero-order chi connectivity index (χ0) is 9.68. The van der Waals surface area contributed by atoms with Gasteiger partial charge in [-0.15, -0.1) is 0 Å². The predicted octanol–water partition coefficient (Wildman–Crippen LogP) is 3.97. The van der Waals surface area contributed by atoms with E-state index in [1.807, 2.05) is 0 Å². The van der Waals surface area contributed by atoms with Crippen molar-refractivity contribution < 1.29 is 0 Å². The Morgan fingerprint density at radius 2 is 2.15 bits per heavy atom. The van der Waals surface area contributed by atoms with E-state index >= 15 is 0 Å². The molecule has 0 heterocycles. The van der Waals surface area contributed by atoms with Crippen LogP contribution in [-0.2, 0) is 0 Å². The molecule has 0 aromatic heterocycles. The lowest BCUT2D eigenvalue weighted by Crippen LogP contribution is -2.02. The summed E-state index contributed by atoms with van der Waals surface area (Å²) in [5, 5.41) is 3.42. The van der Waals surface area contributed by atoms with Gasteiger partial charge in [-0.3, -0.25) is 0 Å². The zero-order valence-corrected chi connectivity index (χ0v) is 9.82. The van der Waals surface area contributed by atoms with E-state index in [2.05, 4.69) is 53.3 Å². The minimum atomic E-state index is 1.06. The Balaban J connectivity index is 2.59. The topological polar surface area (TPSA) is 12.0 Å². The molecule has 0 aliphatic heterocycles. The molecule has 72 valence electrons. The molecular formula is C11H16BrN. The summed E-state index contributed by atoms with van der Waals surface area (Å²) in [6.45, 7) is 5.39. The lowest BCUT2D eigenvalue weighted by Gasteiger charge is -2.08. The number of halogens is 1. The fourth-order valence-electron chi connectivity index (χ4n) is 1.18. The molecule has 0 amide bonds. The molecule has 1 rings (SSSR count). The molecule has 1 aromatic carbocycles. The van der Waals surface area contributed by atoms with E-state index in [-0.39, 0.29) is 0 Å². The number of nitrogens with one attached hydrogen (secondary N) is 1. The van der Waals surface area contributed by atoms with Gasteiger partial charge in [0.05, 0.1) is 0 Å². The Bertz CT molecular complexity index is 271. The standard InChI is InChI=1S/C11H16BrN/c1-3-4-7-13-11-8-10(12)6-5-9(11)2/h5-6,8,13H,3-4,7H2,1-2H3. The van der Waals surface area contributed by atoms with Crippen LogP contribution in [0.5, 0.6) is 0 Å². The molecule has 2 heteroatoms. The van der Waals surface area contributed by atoms with E-state index in [1.54, 1.807) is 0 Å². The first-order valence-corrected chi connectivity index (χ1v) is 5.53. The Hall–Kier alpha value is -0.500. The highest BCUT2D eigenvalue weighted by Gasteiger charge is 1.97. The Morgan fingerprint density at radius 1 is 1.38 bits per heavy atom. The van der Waals surface area contributed by atoms with Gasteiger partial charge in [0.25, 0.3) is 0 Å². The van der Waals surface area contributed by atoms with Crippen LogP contribution in [0, 0.1) is 6.92 Å². The maximum Gasteiger partial charge on any atom is 0.0381 e. The number of rotatable bonds is 4. The molecule has 13 heavy (non-hydrogen) atoms. The highest BCUT2D eigenvalue weighted by Crippen LogP contribution is 2.20. The second-order valence-corrected chi connectivity index (χ2v) is 4.16. The van der Waals surface area contributed by atoms with Gasteiger partial charge in [0, 0.05) is 16.7 Å². The third kappa shape index (κ3) is 3.39. The van der Waals surface area contributed by atoms with Crippen molar-refractivity contribution in [2.24, 2.45) is 0 Å². The lowest BCUT2D eigenvalue weighted by atomic mass is 10.2. The minimum Gasteiger partial charge on any atom is -0.385 e. The number of benzene rings is 1. The number of anilines is 1. The zero-order valence-electron chi connectivity index (χ0n) is 8.23. The Kier molecular flexibility index (Phi) is 4.29. The van der Waals surface area contributed by atoms with Crippen molar-refractivity contribution in [3.05, 3.63) is 28.2 Å². The van der Waals surface area contributed by atoms with Crippen molar-refractivity contribution in [1.82, 2.24) is 0 Å². The number of hydrogen-bond acceptors (Lipinski definition) is 1. The van der Waals surface area contributed by atoms with Crippen LogP contribution in [-0.4, -0.2) is 6.54 Å². The van der Waals surface area contributed by atoms with E-state index in [0.717, 1.165) is 11.0 Å². The third-order valence-corrected chi connectivity index (χ3v) is 2.54. The van der Waals surface area contributed by atoms with Crippen LogP contribution in [0.4, 0.5) is 5.69 Å². The van der Waals surface area contributed by atoms with E-state index in [0.29, 0.717) is 0 Å². The lowest BCUT2D eigenvalue weighted by molar-refractivity contribution is 0.833. The second-order valence-electron chi connectivity index (χ2n) is 3.24. The monoisotopic (exact) mass is 241 g/mol. The van der Waals surface area contributed by atoms with Gasteiger partial charge in [-0.2, -0.15) is 0 Å². The molecule has 0 spiro atoms. The molecular weight excluding hydrogens is 226 g/mol. The highest BCUT2D eigenvalue weighted by atomic mass is 79.9. The average molecular weight is 242 g/mol. The summed E-state index contributed by atoms with van der Waals surface area (Å²) < 4.78 is 1.14. The van der Waals surface area contributed by atoms with Crippen LogP contribution in [0.15, 0.2) is 22.7 Å². The van der Waals surface area contributed by atoms with E-state index < -0.39 is 0 Å². The molecule has 0 radical (unpaired) electrons. The molecule has 0 aliphatic rings. The fraction of sp³-hybridized carbons (Fsp3) is 0.455. The summed E-state index contributed by atoms with van der Waals surface area (Å²) >= 11 is 3.47. The van der Waals surface area contributed by atoms with Crippen molar-refractivity contribution in [2.75, 3.05) is 11.9 Å². The van der Waals surface area contributed by atoms with Crippen LogP contribution in [0.1, 0.15) is 25.3 Å². The summed E-state index contributed by atoms with van der Waals surface area (Å²) in [7, 11) is 0. The van der Waals surface area contributed by atoms with Crippen LogP contribution >= 0.6 is 15.9 Å². The van der Waals surface area contributed by atoms with Crippen LogP contribution < -0.4 is 5.32 Å². The normalized spacial score (nSPS) is 10.1. The van der Waals surface area contributed by atoms with Crippen molar-refractivity contribution in [2.45, 2.75) is 26.7 Å². The molecule has 0 bridgehead atoms. The number of unbranched alkanes of at least 4 members (excludes halogenated alkanes) is 1. The number of aryl methyl sites for hydroxylation is 1. The van der Waals surface area contributed by atoms with Gasteiger partial charge in [-0.1, -0.05) is 35.3 Å². The van der Waals surface area contributed by atoms with Crippen molar-refractivity contribution in [3.63, 3.8) is 0 Å². The molecule has 1 aromatic rings. The van der Waals surface area contributed by atoms with Gasteiger partial charge >= 0.3 is 0 Å².